The van der Waals surface area contributed by atoms with Crippen molar-refractivity contribution in [1.29, 1.82) is 0 Å². The largest absolute Gasteiger partial charge is 0.507 e. The first-order chi connectivity index (χ1) is 10.8. The molecule has 0 aliphatic carbocycles. The Bertz CT molecular complexity index is 694. The third kappa shape index (κ3) is 3.70. The van der Waals surface area contributed by atoms with E-state index in [1.165, 1.54) is 5.19 Å². The molecule has 0 amide bonds. The third-order valence-electron chi connectivity index (χ3n) is 4.55. The van der Waals surface area contributed by atoms with Crippen molar-refractivity contribution >= 4 is 18.9 Å². The van der Waals surface area contributed by atoms with Crippen LogP contribution in [0.3, 0.4) is 0 Å². The first-order valence-corrected chi connectivity index (χ1v) is 11.2. The minimum absolute atomic E-state index is 0.369. The maximum Gasteiger partial charge on any atom is 0.124 e. The minimum atomic E-state index is -1.68. The Hall–Kier alpha value is -1.94. The fourth-order valence-electron chi connectivity index (χ4n) is 2.61. The monoisotopic (exact) mass is 329 g/mol. The van der Waals surface area contributed by atoms with Gasteiger partial charge in [-0.2, -0.15) is 0 Å². The highest BCUT2D eigenvalue weighted by molar-refractivity contribution is 6.89. The van der Waals surface area contributed by atoms with Gasteiger partial charge in [0.25, 0.3) is 0 Å². The lowest BCUT2D eigenvalue weighted by Crippen LogP contribution is -2.47. The van der Waals surface area contributed by atoms with Crippen molar-refractivity contribution < 1.29 is 9.84 Å². The van der Waals surface area contributed by atoms with E-state index in [-0.39, 0.29) is 0 Å². The summed E-state index contributed by atoms with van der Waals surface area (Å²) in [4.78, 5) is 0. The molecule has 0 radical (unpaired) electrons. The second-order valence-corrected chi connectivity index (χ2v) is 11.4. The molecule has 0 spiro atoms. The summed E-state index contributed by atoms with van der Waals surface area (Å²) in [5.74, 6) is 1.25. The lowest BCUT2D eigenvalue weighted by Gasteiger charge is -2.24. The highest BCUT2D eigenvalue weighted by Crippen LogP contribution is 2.32. The van der Waals surface area contributed by atoms with E-state index < -0.39 is 8.07 Å². The van der Waals surface area contributed by atoms with Crippen molar-refractivity contribution in [2.24, 2.45) is 0 Å². The van der Waals surface area contributed by atoms with Gasteiger partial charge in [0.2, 0.25) is 0 Å². The Morgan fingerprint density at radius 1 is 1.04 bits per heavy atom. The van der Waals surface area contributed by atoms with Crippen molar-refractivity contribution in [3.8, 4) is 11.5 Å². The highest BCUT2D eigenvalue weighted by Gasteiger charge is 2.25. The average Bonchev–Trinajstić information content (AvgIpc) is 2.55. The summed E-state index contributed by atoms with van der Waals surface area (Å²) >= 11 is 0. The number of ether oxygens (including phenoxy) is 1. The fraction of sp³-hybridized carbons (Fsp3) is 0.368. The number of nitrogens with one attached hydrogen (secondary N) is 1. The summed E-state index contributed by atoms with van der Waals surface area (Å²) < 4.78 is 6.16. The van der Waals surface area contributed by atoms with Crippen molar-refractivity contribution in [1.82, 2.24) is 0 Å². The molecule has 0 saturated carbocycles. The van der Waals surface area contributed by atoms with Crippen LogP contribution in [0.25, 0.3) is 0 Å². The summed E-state index contributed by atoms with van der Waals surface area (Å²) in [6.45, 7) is 10.5. The second kappa shape index (κ2) is 6.67. The zero-order valence-electron chi connectivity index (χ0n) is 14.9. The van der Waals surface area contributed by atoms with Crippen LogP contribution < -0.4 is 15.2 Å². The van der Waals surface area contributed by atoms with E-state index in [1.807, 2.05) is 33.9 Å². The predicted octanol–water partition coefficient (Wildman–Crippen LogP) is 3.89. The van der Waals surface area contributed by atoms with Gasteiger partial charge in [0.1, 0.15) is 19.6 Å². The van der Waals surface area contributed by atoms with E-state index in [4.69, 9.17) is 4.74 Å². The van der Waals surface area contributed by atoms with Crippen LogP contribution in [0.5, 0.6) is 11.5 Å². The molecule has 3 nitrogen and oxygen atoms in total. The molecule has 23 heavy (non-hydrogen) atoms. The summed E-state index contributed by atoms with van der Waals surface area (Å²) in [5.41, 5.74) is 3.90. The fourth-order valence-corrected chi connectivity index (χ4v) is 4.36. The van der Waals surface area contributed by atoms with E-state index in [1.54, 1.807) is 0 Å². The molecular weight excluding hydrogens is 302 g/mol. The van der Waals surface area contributed by atoms with Crippen LogP contribution in [0, 0.1) is 20.8 Å². The molecule has 2 rings (SSSR count). The van der Waals surface area contributed by atoms with Crippen molar-refractivity contribution in [3.05, 3.63) is 47.0 Å². The van der Waals surface area contributed by atoms with Gasteiger partial charge in [-0.1, -0.05) is 30.4 Å². The van der Waals surface area contributed by atoms with E-state index in [0.29, 0.717) is 5.75 Å². The van der Waals surface area contributed by atoms with Crippen LogP contribution in [-0.4, -0.2) is 26.5 Å². The van der Waals surface area contributed by atoms with E-state index in [2.05, 4.69) is 42.7 Å². The maximum atomic E-state index is 10.0. The van der Waals surface area contributed by atoms with Gasteiger partial charge in [-0.15, -0.1) is 0 Å². The number of phenolic OH excluding ortho intramolecular Hbond substituents is 1. The first kappa shape index (κ1) is 17.4. The molecule has 2 aromatic rings. The van der Waals surface area contributed by atoms with Crippen LogP contribution in [-0.2, 0) is 0 Å². The van der Waals surface area contributed by atoms with Gasteiger partial charge in [0.05, 0.1) is 6.23 Å². The molecule has 0 unspecified atom stereocenters. The quantitative estimate of drug-likeness (QED) is 0.818. The molecule has 0 aliphatic heterocycles. The number of rotatable bonds is 5. The van der Waals surface area contributed by atoms with Gasteiger partial charge >= 0.3 is 0 Å². The molecule has 4 heteroatoms. The standard InChI is InChI=1S/C19H27NO2Si/c1-13-11-18(14(2)15(3)19(13)21)22-12-23(5,6)17-9-7-16(20-4)8-10-17/h7-11,20-21H,12H2,1-6H3. The third-order valence-corrected chi connectivity index (χ3v) is 7.31. The summed E-state index contributed by atoms with van der Waals surface area (Å²) in [7, 11) is 0.248. The molecule has 0 heterocycles. The van der Waals surface area contributed by atoms with Gasteiger partial charge < -0.3 is 15.2 Å². The number of hydrogen-bond donors (Lipinski definition) is 2. The molecule has 0 saturated heterocycles. The number of aromatic hydroxyl groups is 1. The Balaban J connectivity index is 2.18. The topological polar surface area (TPSA) is 41.5 Å². The van der Waals surface area contributed by atoms with E-state index >= 15 is 0 Å². The van der Waals surface area contributed by atoms with E-state index in [9.17, 15) is 5.11 Å². The normalized spacial score (nSPS) is 11.4. The Morgan fingerprint density at radius 3 is 2.22 bits per heavy atom. The molecule has 0 aromatic heterocycles. The minimum Gasteiger partial charge on any atom is -0.507 e. The Morgan fingerprint density at radius 2 is 1.65 bits per heavy atom. The van der Waals surface area contributed by atoms with Crippen molar-refractivity contribution in [2.45, 2.75) is 33.9 Å². The first-order valence-electron chi connectivity index (χ1n) is 7.97. The molecular formula is C19H27NO2Si. The number of anilines is 1. The zero-order chi connectivity index (χ0) is 17.2. The predicted molar refractivity (Wildman–Crippen MR) is 101 cm³/mol. The van der Waals surface area contributed by atoms with Crippen molar-refractivity contribution in [2.75, 3.05) is 18.6 Å². The highest BCUT2D eigenvalue weighted by atomic mass is 28.3. The maximum absolute atomic E-state index is 10.0. The SMILES string of the molecule is CNc1ccc([Si](C)(C)COc2cc(C)c(O)c(C)c2C)cc1. The van der Waals surface area contributed by atoms with Crippen LogP contribution in [0.2, 0.25) is 13.1 Å². The van der Waals surface area contributed by atoms with Crippen LogP contribution >= 0.6 is 0 Å². The number of aryl methyl sites for hydroxylation is 1. The number of benzene rings is 2. The molecule has 0 aliphatic rings. The molecule has 0 bridgehead atoms. The van der Waals surface area contributed by atoms with Crippen LogP contribution in [0.1, 0.15) is 16.7 Å². The summed E-state index contributed by atoms with van der Waals surface area (Å²) in [6, 6.07) is 10.6. The lowest BCUT2D eigenvalue weighted by atomic mass is 10.0. The molecule has 2 aromatic carbocycles. The average molecular weight is 330 g/mol. The summed E-state index contributed by atoms with van der Waals surface area (Å²) in [6.07, 6.45) is 0.719. The van der Waals surface area contributed by atoms with Gasteiger partial charge in [-0.3, -0.25) is 0 Å². The molecule has 124 valence electrons. The lowest BCUT2D eigenvalue weighted by molar-refractivity contribution is 0.373. The Labute approximate surface area is 140 Å². The molecule has 0 atom stereocenters. The van der Waals surface area contributed by atoms with Gasteiger partial charge in [0, 0.05) is 12.7 Å². The zero-order valence-corrected chi connectivity index (χ0v) is 15.9. The molecule has 0 fully saturated rings. The van der Waals surface area contributed by atoms with Crippen molar-refractivity contribution in [3.63, 3.8) is 0 Å². The van der Waals surface area contributed by atoms with E-state index in [0.717, 1.165) is 34.4 Å². The Kier molecular flexibility index (Phi) is 5.05. The van der Waals surface area contributed by atoms with Gasteiger partial charge in [0.15, 0.2) is 0 Å². The molecule has 2 N–H and O–H groups in total. The summed E-state index contributed by atoms with van der Waals surface area (Å²) in [5, 5.41) is 14.5. The van der Waals surface area contributed by atoms with Gasteiger partial charge in [-0.25, -0.2) is 0 Å². The number of hydrogen-bond acceptors (Lipinski definition) is 3. The van der Waals surface area contributed by atoms with Crippen LogP contribution in [0.15, 0.2) is 30.3 Å². The van der Waals surface area contributed by atoms with Gasteiger partial charge in [-0.05, 0) is 55.7 Å². The van der Waals surface area contributed by atoms with Crippen LogP contribution in [0.4, 0.5) is 5.69 Å². The smallest absolute Gasteiger partial charge is 0.124 e. The second-order valence-electron chi connectivity index (χ2n) is 6.79. The number of phenols is 1.